The molecule has 162 valence electrons. The number of carbonyl (C=O) groups excluding carboxylic acids is 1. The monoisotopic (exact) mass is 430 g/mol. The van der Waals surface area contributed by atoms with Crippen LogP contribution >= 0.6 is 0 Å². The number of ether oxygens (including phenoxy) is 1. The second kappa shape index (κ2) is 9.98. The van der Waals surface area contributed by atoms with Crippen LogP contribution < -0.4 is 14.4 Å². The molecule has 0 spiro atoms. The van der Waals surface area contributed by atoms with Gasteiger partial charge >= 0.3 is 0 Å². The molecule has 1 N–H and O–H groups in total. The van der Waals surface area contributed by atoms with E-state index in [-0.39, 0.29) is 12.5 Å². The minimum atomic E-state index is -3.47. The molecule has 1 amide bonds. The number of hydrogen-bond donors (Lipinski definition) is 1. The Hall–Kier alpha value is -2.54. The number of rotatable bonds is 8. The van der Waals surface area contributed by atoms with E-state index in [4.69, 9.17) is 4.74 Å². The molecule has 1 saturated carbocycles. The Bertz CT molecular complexity index is 934. The van der Waals surface area contributed by atoms with E-state index in [0.717, 1.165) is 12.1 Å². The fourth-order valence-electron chi connectivity index (χ4n) is 3.81. The zero-order chi connectivity index (χ0) is 21.6. The van der Waals surface area contributed by atoms with Gasteiger partial charge in [0.1, 0.15) is 5.75 Å². The first-order valence-electron chi connectivity index (χ1n) is 10.4. The zero-order valence-corrected chi connectivity index (χ0v) is 18.5. The third kappa shape index (κ3) is 5.98. The van der Waals surface area contributed by atoms with Crippen LogP contribution in [0.4, 0.5) is 5.69 Å². The lowest BCUT2D eigenvalue weighted by Crippen LogP contribution is -2.30. The van der Waals surface area contributed by atoms with Gasteiger partial charge in [-0.25, -0.2) is 8.42 Å². The highest BCUT2D eigenvalue weighted by atomic mass is 32.2. The summed E-state index contributed by atoms with van der Waals surface area (Å²) < 4.78 is 31.1. The summed E-state index contributed by atoms with van der Waals surface area (Å²) in [5.74, 6) is 1.16. The molecule has 0 saturated heterocycles. The van der Waals surface area contributed by atoms with Crippen LogP contribution in [0.5, 0.6) is 5.75 Å². The summed E-state index contributed by atoms with van der Waals surface area (Å²) in [7, 11) is -1.90. The topological polar surface area (TPSA) is 75.7 Å². The predicted octanol–water partition coefficient (Wildman–Crippen LogP) is 3.97. The zero-order valence-electron chi connectivity index (χ0n) is 17.6. The van der Waals surface area contributed by atoms with Crippen molar-refractivity contribution in [2.24, 2.45) is 5.92 Å². The number of amides is 1. The predicted molar refractivity (Wildman–Crippen MR) is 119 cm³/mol. The quantitative estimate of drug-likeness (QED) is 0.688. The summed E-state index contributed by atoms with van der Waals surface area (Å²) in [5, 5.41) is 3.03. The Kier molecular flexibility index (Phi) is 7.37. The molecule has 2 aromatic carbocycles. The van der Waals surface area contributed by atoms with Crippen molar-refractivity contribution < 1.29 is 17.9 Å². The van der Waals surface area contributed by atoms with Gasteiger partial charge in [0.2, 0.25) is 10.0 Å². The van der Waals surface area contributed by atoms with Crippen LogP contribution in [0.15, 0.2) is 48.5 Å². The summed E-state index contributed by atoms with van der Waals surface area (Å²) >= 11 is 0. The molecule has 0 aliphatic heterocycles. The van der Waals surface area contributed by atoms with Crippen LogP contribution in [0, 0.1) is 5.92 Å². The maximum Gasteiger partial charge on any atom is 0.251 e. The number of benzene rings is 2. The highest BCUT2D eigenvalue weighted by molar-refractivity contribution is 7.92. The molecule has 30 heavy (non-hydrogen) atoms. The van der Waals surface area contributed by atoms with Gasteiger partial charge in [0.25, 0.3) is 5.91 Å². The summed E-state index contributed by atoms with van der Waals surface area (Å²) in [6, 6.07) is 14.0. The molecule has 1 aliphatic carbocycles. The van der Waals surface area contributed by atoms with Crippen LogP contribution in [0.1, 0.15) is 48.0 Å². The van der Waals surface area contributed by atoms with Crippen LogP contribution in [0.2, 0.25) is 0 Å². The lowest BCUT2D eigenvalue weighted by molar-refractivity contribution is 0.0943. The van der Waals surface area contributed by atoms with Gasteiger partial charge in [-0.05, 0) is 60.7 Å². The van der Waals surface area contributed by atoms with Gasteiger partial charge in [-0.2, -0.15) is 0 Å². The number of hydrogen-bond acceptors (Lipinski definition) is 4. The van der Waals surface area contributed by atoms with Crippen LogP contribution in [-0.4, -0.2) is 34.2 Å². The van der Waals surface area contributed by atoms with Crippen molar-refractivity contribution in [2.75, 3.05) is 24.2 Å². The number of anilines is 1. The Labute approximate surface area is 179 Å². The van der Waals surface area contributed by atoms with Gasteiger partial charge < -0.3 is 10.1 Å². The fourth-order valence-corrected chi connectivity index (χ4v) is 4.69. The molecule has 0 bridgehead atoms. The van der Waals surface area contributed by atoms with Gasteiger partial charge in [0.15, 0.2) is 0 Å². The van der Waals surface area contributed by atoms with E-state index in [1.807, 2.05) is 0 Å². The van der Waals surface area contributed by atoms with Gasteiger partial charge in [0, 0.05) is 12.1 Å². The van der Waals surface area contributed by atoms with Crippen molar-refractivity contribution in [1.82, 2.24) is 5.32 Å². The summed E-state index contributed by atoms with van der Waals surface area (Å²) in [6.45, 7) is 0.912. The van der Waals surface area contributed by atoms with E-state index in [1.54, 1.807) is 55.6 Å². The van der Waals surface area contributed by atoms with Crippen molar-refractivity contribution in [2.45, 2.75) is 38.6 Å². The third-order valence-electron chi connectivity index (χ3n) is 5.58. The molecule has 1 fully saturated rings. The van der Waals surface area contributed by atoms with Crippen molar-refractivity contribution >= 4 is 21.6 Å². The minimum Gasteiger partial charge on any atom is -0.497 e. The van der Waals surface area contributed by atoms with Crippen LogP contribution in [-0.2, 0) is 16.6 Å². The molecule has 2 aromatic rings. The lowest BCUT2D eigenvalue weighted by Gasteiger charge is -2.23. The SMILES string of the molecule is COc1ccc(N(Cc2ccc(C(=O)NCC3CCCCC3)cc2)S(C)(=O)=O)cc1. The van der Waals surface area contributed by atoms with Crippen molar-refractivity contribution in [3.63, 3.8) is 0 Å². The van der Waals surface area contributed by atoms with E-state index < -0.39 is 10.0 Å². The van der Waals surface area contributed by atoms with Gasteiger partial charge in [-0.3, -0.25) is 9.10 Å². The molecule has 7 heteroatoms. The second-order valence-corrected chi connectivity index (χ2v) is 9.79. The number of nitrogens with one attached hydrogen (secondary N) is 1. The largest absolute Gasteiger partial charge is 0.497 e. The first-order chi connectivity index (χ1) is 14.4. The molecule has 3 rings (SSSR count). The van der Waals surface area contributed by atoms with E-state index in [1.165, 1.54) is 42.7 Å². The van der Waals surface area contributed by atoms with Gasteiger partial charge in [-0.1, -0.05) is 31.4 Å². The van der Waals surface area contributed by atoms with Crippen molar-refractivity contribution in [3.8, 4) is 5.75 Å². The highest BCUT2D eigenvalue weighted by Gasteiger charge is 2.19. The molecule has 0 aromatic heterocycles. The Morgan fingerprint density at radius 3 is 2.23 bits per heavy atom. The van der Waals surface area contributed by atoms with Crippen molar-refractivity contribution in [3.05, 3.63) is 59.7 Å². The normalized spacial score (nSPS) is 14.9. The Morgan fingerprint density at radius 1 is 1.03 bits per heavy atom. The maximum absolute atomic E-state index is 12.4. The fraction of sp³-hybridized carbons (Fsp3) is 0.435. The Balaban J connectivity index is 1.65. The van der Waals surface area contributed by atoms with E-state index in [2.05, 4.69) is 5.32 Å². The number of sulfonamides is 1. The molecular formula is C23H30N2O4S. The minimum absolute atomic E-state index is 0.0813. The molecule has 0 atom stereocenters. The van der Waals surface area contributed by atoms with Crippen LogP contribution in [0.25, 0.3) is 0 Å². The lowest BCUT2D eigenvalue weighted by atomic mass is 9.89. The number of nitrogens with zero attached hydrogens (tertiary/aromatic N) is 1. The summed E-state index contributed by atoms with van der Waals surface area (Å²) in [6.07, 6.45) is 7.36. The highest BCUT2D eigenvalue weighted by Crippen LogP contribution is 2.24. The van der Waals surface area contributed by atoms with Crippen LogP contribution in [0.3, 0.4) is 0 Å². The maximum atomic E-state index is 12.4. The Morgan fingerprint density at radius 2 is 1.67 bits per heavy atom. The smallest absolute Gasteiger partial charge is 0.251 e. The standard InChI is InChI=1S/C23H30N2O4S/c1-29-22-14-12-21(13-15-22)25(30(2,27)28)17-19-8-10-20(11-9-19)23(26)24-16-18-6-4-3-5-7-18/h8-15,18H,3-7,16-17H2,1-2H3,(H,24,26). The summed E-state index contributed by atoms with van der Waals surface area (Å²) in [4.78, 5) is 12.4. The second-order valence-electron chi connectivity index (χ2n) is 7.88. The molecular weight excluding hydrogens is 400 g/mol. The third-order valence-corrected chi connectivity index (χ3v) is 6.72. The molecule has 0 unspecified atom stereocenters. The van der Waals surface area contributed by atoms with E-state index in [9.17, 15) is 13.2 Å². The van der Waals surface area contributed by atoms with Gasteiger partial charge in [0.05, 0.1) is 25.6 Å². The van der Waals surface area contributed by atoms with E-state index in [0.29, 0.717) is 22.9 Å². The van der Waals surface area contributed by atoms with E-state index >= 15 is 0 Å². The molecule has 0 heterocycles. The average Bonchev–Trinajstić information content (AvgIpc) is 2.76. The first-order valence-corrected chi connectivity index (χ1v) is 12.2. The number of methoxy groups -OCH3 is 1. The first kappa shape index (κ1) is 22.2. The molecule has 6 nitrogen and oxygen atoms in total. The number of carbonyl (C=O) groups is 1. The average molecular weight is 431 g/mol. The molecule has 0 radical (unpaired) electrons. The van der Waals surface area contributed by atoms with Gasteiger partial charge in [-0.15, -0.1) is 0 Å². The molecule has 1 aliphatic rings. The summed E-state index contributed by atoms with van der Waals surface area (Å²) in [5.41, 5.74) is 1.96. The van der Waals surface area contributed by atoms with Crippen molar-refractivity contribution in [1.29, 1.82) is 0 Å².